The maximum atomic E-state index is 10.8. The SMILES string of the molecule is Cc1ncc(COC(C)C)c(C=O)c1O. The molecule has 0 spiro atoms. The number of nitrogens with zero attached hydrogens (tertiary/aromatic N) is 1. The van der Waals surface area contributed by atoms with Gasteiger partial charge in [0, 0.05) is 11.8 Å². The number of carbonyl (C=O) groups is 1. The standard InChI is InChI=1S/C11H15NO3/c1-7(2)15-6-9-4-12-8(3)11(14)10(9)5-13/h4-5,7,14H,6H2,1-3H3. The highest BCUT2D eigenvalue weighted by atomic mass is 16.5. The van der Waals surface area contributed by atoms with Crippen LogP contribution in [0.5, 0.6) is 5.75 Å². The van der Waals surface area contributed by atoms with Crippen LogP contribution in [0.3, 0.4) is 0 Å². The predicted molar refractivity (Wildman–Crippen MR) is 56.0 cm³/mol. The molecule has 82 valence electrons. The van der Waals surface area contributed by atoms with Gasteiger partial charge in [-0.1, -0.05) is 0 Å². The summed E-state index contributed by atoms with van der Waals surface area (Å²) in [5.41, 5.74) is 1.33. The van der Waals surface area contributed by atoms with Gasteiger partial charge >= 0.3 is 0 Å². The van der Waals surface area contributed by atoms with E-state index in [0.717, 1.165) is 0 Å². The van der Waals surface area contributed by atoms with Gasteiger partial charge in [0.1, 0.15) is 5.75 Å². The quantitative estimate of drug-likeness (QED) is 0.768. The summed E-state index contributed by atoms with van der Waals surface area (Å²) in [5.74, 6) is -0.0603. The van der Waals surface area contributed by atoms with E-state index in [9.17, 15) is 9.90 Å². The van der Waals surface area contributed by atoms with Crippen LogP contribution < -0.4 is 0 Å². The molecule has 0 atom stereocenters. The van der Waals surface area contributed by atoms with Crippen molar-refractivity contribution in [3.63, 3.8) is 0 Å². The number of pyridine rings is 1. The molecule has 1 aromatic heterocycles. The van der Waals surface area contributed by atoms with Gasteiger partial charge in [-0.15, -0.1) is 0 Å². The maximum Gasteiger partial charge on any atom is 0.154 e. The molecule has 15 heavy (non-hydrogen) atoms. The lowest BCUT2D eigenvalue weighted by atomic mass is 10.1. The molecule has 4 heteroatoms. The summed E-state index contributed by atoms with van der Waals surface area (Å²) in [6.07, 6.45) is 2.26. The van der Waals surface area contributed by atoms with Crippen LogP contribution in [0.1, 0.15) is 35.5 Å². The zero-order valence-electron chi connectivity index (χ0n) is 9.15. The molecule has 0 saturated carbocycles. The van der Waals surface area contributed by atoms with Crippen LogP contribution in [0.4, 0.5) is 0 Å². The zero-order valence-corrected chi connectivity index (χ0v) is 9.15. The van der Waals surface area contributed by atoms with Crippen molar-refractivity contribution >= 4 is 6.29 Å². The van der Waals surface area contributed by atoms with E-state index in [0.29, 0.717) is 17.5 Å². The molecular formula is C11H15NO3. The van der Waals surface area contributed by atoms with Crippen LogP contribution in [0, 0.1) is 6.92 Å². The largest absolute Gasteiger partial charge is 0.505 e. The van der Waals surface area contributed by atoms with Gasteiger partial charge in [0.05, 0.1) is 24.0 Å². The molecule has 1 heterocycles. The van der Waals surface area contributed by atoms with E-state index in [4.69, 9.17) is 4.74 Å². The number of hydrogen-bond acceptors (Lipinski definition) is 4. The van der Waals surface area contributed by atoms with Crippen molar-refractivity contribution in [2.24, 2.45) is 0 Å². The summed E-state index contributed by atoms with van der Waals surface area (Å²) in [6.45, 7) is 5.74. The van der Waals surface area contributed by atoms with Gasteiger partial charge in [0.25, 0.3) is 0 Å². The Morgan fingerprint density at radius 2 is 2.27 bits per heavy atom. The molecule has 0 aliphatic heterocycles. The van der Waals surface area contributed by atoms with Crippen LogP contribution in [-0.2, 0) is 11.3 Å². The highest BCUT2D eigenvalue weighted by Crippen LogP contribution is 2.22. The van der Waals surface area contributed by atoms with Gasteiger partial charge in [-0.25, -0.2) is 0 Å². The predicted octanol–water partition coefficient (Wildman–Crippen LogP) is 1.83. The second-order valence-electron chi connectivity index (χ2n) is 3.61. The van der Waals surface area contributed by atoms with Crippen LogP contribution in [-0.4, -0.2) is 22.5 Å². The Morgan fingerprint density at radius 3 is 2.80 bits per heavy atom. The third kappa shape index (κ3) is 2.76. The molecular weight excluding hydrogens is 194 g/mol. The minimum absolute atomic E-state index is 0.0603. The maximum absolute atomic E-state index is 10.8. The van der Waals surface area contributed by atoms with Gasteiger partial charge in [-0.2, -0.15) is 0 Å². The van der Waals surface area contributed by atoms with E-state index >= 15 is 0 Å². The summed E-state index contributed by atoms with van der Waals surface area (Å²) in [5, 5.41) is 9.59. The van der Waals surface area contributed by atoms with Crippen molar-refractivity contribution < 1.29 is 14.6 Å². The molecule has 0 amide bonds. The summed E-state index contributed by atoms with van der Waals surface area (Å²) < 4.78 is 5.36. The fourth-order valence-electron chi connectivity index (χ4n) is 1.16. The number of aldehydes is 1. The lowest BCUT2D eigenvalue weighted by Crippen LogP contribution is -2.05. The molecule has 0 aliphatic carbocycles. The first-order valence-electron chi connectivity index (χ1n) is 4.80. The van der Waals surface area contributed by atoms with Crippen molar-refractivity contribution in [2.45, 2.75) is 33.5 Å². The van der Waals surface area contributed by atoms with E-state index in [1.54, 1.807) is 13.1 Å². The van der Waals surface area contributed by atoms with Crippen LogP contribution in [0.25, 0.3) is 0 Å². The molecule has 0 fully saturated rings. The van der Waals surface area contributed by atoms with E-state index in [1.807, 2.05) is 13.8 Å². The summed E-state index contributed by atoms with van der Waals surface area (Å²) in [7, 11) is 0. The minimum Gasteiger partial charge on any atom is -0.505 e. The number of aromatic hydroxyl groups is 1. The molecule has 1 rings (SSSR count). The Labute approximate surface area is 88.9 Å². The normalized spacial score (nSPS) is 10.7. The first-order chi connectivity index (χ1) is 7.06. The van der Waals surface area contributed by atoms with Crippen molar-refractivity contribution in [1.29, 1.82) is 0 Å². The average molecular weight is 209 g/mol. The Hall–Kier alpha value is -1.42. The number of hydrogen-bond donors (Lipinski definition) is 1. The lowest BCUT2D eigenvalue weighted by molar-refractivity contribution is 0.0648. The first kappa shape index (κ1) is 11.7. The third-order valence-corrected chi connectivity index (χ3v) is 2.05. The summed E-state index contributed by atoms with van der Waals surface area (Å²) in [6, 6.07) is 0. The molecule has 4 nitrogen and oxygen atoms in total. The Kier molecular flexibility index (Phi) is 3.80. The Morgan fingerprint density at radius 1 is 1.60 bits per heavy atom. The third-order valence-electron chi connectivity index (χ3n) is 2.05. The Bertz CT molecular complexity index is 361. The molecule has 0 aliphatic rings. The zero-order chi connectivity index (χ0) is 11.4. The molecule has 0 unspecified atom stereocenters. The lowest BCUT2D eigenvalue weighted by Gasteiger charge is -2.10. The van der Waals surface area contributed by atoms with E-state index in [1.165, 1.54) is 0 Å². The molecule has 1 N–H and O–H groups in total. The minimum atomic E-state index is -0.0603. The monoisotopic (exact) mass is 209 g/mol. The van der Waals surface area contributed by atoms with Crippen LogP contribution >= 0.6 is 0 Å². The number of carbonyl (C=O) groups excluding carboxylic acids is 1. The van der Waals surface area contributed by atoms with Gasteiger partial charge < -0.3 is 9.84 Å². The average Bonchev–Trinajstić information content (AvgIpc) is 2.19. The van der Waals surface area contributed by atoms with Crippen molar-refractivity contribution in [3.8, 4) is 5.75 Å². The molecule has 0 saturated heterocycles. The van der Waals surface area contributed by atoms with Crippen molar-refractivity contribution in [2.75, 3.05) is 0 Å². The fourth-order valence-corrected chi connectivity index (χ4v) is 1.16. The molecule has 0 aromatic carbocycles. The Balaban J connectivity index is 2.97. The fraction of sp³-hybridized carbons (Fsp3) is 0.455. The number of rotatable bonds is 4. The summed E-state index contributed by atoms with van der Waals surface area (Å²) in [4.78, 5) is 14.8. The van der Waals surface area contributed by atoms with Gasteiger partial charge in [-0.3, -0.25) is 9.78 Å². The molecule has 0 bridgehead atoms. The number of ether oxygens (including phenoxy) is 1. The van der Waals surface area contributed by atoms with Gasteiger partial charge in [0.2, 0.25) is 0 Å². The molecule has 0 radical (unpaired) electrons. The molecule has 1 aromatic rings. The second kappa shape index (κ2) is 4.89. The number of aromatic nitrogens is 1. The topological polar surface area (TPSA) is 59.4 Å². The summed E-state index contributed by atoms with van der Waals surface area (Å²) >= 11 is 0. The van der Waals surface area contributed by atoms with E-state index in [-0.39, 0.29) is 24.0 Å². The van der Waals surface area contributed by atoms with Gasteiger partial charge in [-0.05, 0) is 20.8 Å². The number of aryl methyl sites for hydroxylation is 1. The first-order valence-corrected chi connectivity index (χ1v) is 4.80. The smallest absolute Gasteiger partial charge is 0.154 e. The van der Waals surface area contributed by atoms with Crippen molar-refractivity contribution in [1.82, 2.24) is 4.98 Å². The van der Waals surface area contributed by atoms with Gasteiger partial charge in [0.15, 0.2) is 6.29 Å². The highest BCUT2D eigenvalue weighted by molar-refractivity contribution is 5.81. The van der Waals surface area contributed by atoms with Crippen molar-refractivity contribution in [3.05, 3.63) is 23.0 Å². The van der Waals surface area contributed by atoms with E-state index < -0.39 is 0 Å². The highest BCUT2D eigenvalue weighted by Gasteiger charge is 2.11. The van der Waals surface area contributed by atoms with E-state index in [2.05, 4.69) is 4.98 Å². The second-order valence-corrected chi connectivity index (χ2v) is 3.61. The van der Waals surface area contributed by atoms with Crippen LogP contribution in [0.15, 0.2) is 6.20 Å². The van der Waals surface area contributed by atoms with Crippen LogP contribution in [0.2, 0.25) is 0 Å².